The van der Waals surface area contributed by atoms with E-state index in [1.54, 1.807) is 12.1 Å². The lowest BCUT2D eigenvalue weighted by molar-refractivity contribution is -0.150. The number of amides is 1. The van der Waals surface area contributed by atoms with E-state index < -0.39 is 12.1 Å². The molecule has 1 atom stereocenters. The number of hydrogen-bond acceptors (Lipinski definition) is 5. The zero-order valence-corrected chi connectivity index (χ0v) is 15.8. The van der Waals surface area contributed by atoms with Gasteiger partial charge in [0.05, 0.1) is 18.7 Å². The molecule has 0 heterocycles. The molecule has 0 aliphatic rings. The Kier molecular flexibility index (Phi) is 8.28. The molecule has 7 heteroatoms. The van der Waals surface area contributed by atoms with Crippen LogP contribution in [0.15, 0.2) is 18.2 Å². The summed E-state index contributed by atoms with van der Waals surface area (Å²) in [5.41, 5.74) is 0.640. The first kappa shape index (κ1) is 20.8. The zero-order valence-electron chi connectivity index (χ0n) is 15.1. The van der Waals surface area contributed by atoms with Crippen molar-refractivity contribution in [3.05, 3.63) is 28.8 Å². The number of benzene rings is 1. The van der Waals surface area contributed by atoms with Gasteiger partial charge in [-0.3, -0.25) is 4.79 Å². The summed E-state index contributed by atoms with van der Waals surface area (Å²) in [5, 5.41) is 3.05. The van der Waals surface area contributed by atoms with Crippen molar-refractivity contribution >= 4 is 29.6 Å². The molecule has 0 saturated heterocycles. The number of carbonyl (C=O) groups excluding carboxylic acids is 2. The molecule has 0 fully saturated rings. The number of esters is 1. The molecule has 0 saturated carbocycles. The molecule has 0 unspecified atom stereocenters. The van der Waals surface area contributed by atoms with Crippen molar-refractivity contribution < 1.29 is 23.8 Å². The van der Waals surface area contributed by atoms with E-state index in [1.165, 1.54) is 26.2 Å². The topological polar surface area (TPSA) is 73.9 Å². The Morgan fingerprint density at radius 2 is 1.96 bits per heavy atom. The Hall–Kier alpha value is -2.21. The summed E-state index contributed by atoms with van der Waals surface area (Å²) in [5.74, 6) is -0.0599. The number of halogens is 1. The van der Waals surface area contributed by atoms with E-state index in [9.17, 15) is 9.59 Å². The highest BCUT2D eigenvalue weighted by molar-refractivity contribution is 6.32. The Morgan fingerprint density at radius 3 is 2.52 bits per heavy atom. The summed E-state index contributed by atoms with van der Waals surface area (Å²) < 4.78 is 15.7. The predicted molar refractivity (Wildman–Crippen MR) is 97.0 cm³/mol. The second kappa shape index (κ2) is 9.93. The number of carbonyl (C=O) groups is 2. The lowest BCUT2D eigenvalue weighted by Crippen LogP contribution is -2.39. The number of ether oxygens (including phenoxy) is 3. The molecule has 25 heavy (non-hydrogen) atoms. The molecule has 0 aromatic heterocycles. The molecule has 1 aromatic rings. The van der Waals surface area contributed by atoms with E-state index in [0.29, 0.717) is 28.7 Å². The number of methoxy groups -OCH3 is 1. The fourth-order valence-electron chi connectivity index (χ4n) is 1.95. The van der Waals surface area contributed by atoms with Crippen LogP contribution in [-0.2, 0) is 14.3 Å². The molecule has 0 spiro atoms. The molecule has 1 N–H and O–H groups in total. The largest absolute Gasteiger partial charge is 0.493 e. The lowest BCUT2D eigenvalue weighted by Gasteiger charge is -2.14. The van der Waals surface area contributed by atoms with Gasteiger partial charge in [0, 0.05) is 12.1 Å². The quantitative estimate of drug-likeness (QED) is 0.562. The maximum Gasteiger partial charge on any atom is 0.331 e. The van der Waals surface area contributed by atoms with Crippen LogP contribution in [0.1, 0.15) is 33.3 Å². The van der Waals surface area contributed by atoms with Crippen LogP contribution in [0.3, 0.4) is 0 Å². The Bertz CT molecular complexity index is 643. The van der Waals surface area contributed by atoms with Gasteiger partial charge in [0.1, 0.15) is 0 Å². The Morgan fingerprint density at radius 1 is 1.28 bits per heavy atom. The minimum Gasteiger partial charge on any atom is -0.493 e. The van der Waals surface area contributed by atoms with Crippen LogP contribution in [0.25, 0.3) is 6.08 Å². The summed E-state index contributed by atoms with van der Waals surface area (Å²) in [7, 11) is 1.50. The summed E-state index contributed by atoms with van der Waals surface area (Å²) >= 11 is 6.17. The van der Waals surface area contributed by atoms with E-state index in [4.69, 9.17) is 25.8 Å². The standard InChI is InChI=1S/C18H24ClNO5/c1-6-24-17-14(19)9-13(10-15(17)23-5)7-8-16(21)25-12(4)18(22)20-11(2)3/h7-12H,6H2,1-5H3,(H,20,22)/b8-7+/t12-/m0/s1. The molecule has 0 radical (unpaired) electrons. The maximum absolute atomic E-state index is 11.8. The van der Waals surface area contributed by atoms with Gasteiger partial charge in [-0.05, 0) is 51.5 Å². The third-order valence-corrected chi connectivity index (χ3v) is 3.33. The van der Waals surface area contributed by atoms with Crippen LogP contribution in [0.4, 0.5) is 0 Å². The third kappa shape index (κ3) is 6.66. The summed E-state index contributed by atoms with van der Waals surface area (Å²) in [4.78, 5) is 23.6. The smallest absolute Gasteiger partial charge is 0.331 e. The van der Waals surface area contributed by atoms with E-state index >= 15 is 0 Å². The van der Waals surface area contributed by atoms with Crippen molar-refractivity contribution in [2.75, 3.05) is 13.7 Å². The molecule has 0 aliphatic heterocycles. The summed E-state index contributed by atoms with van der Waals surface area (Å²) in [6.45, 7) is 7.47. The van der Waals surface area contributed by atoms with Crippen LogP contribution < -0.4 is 14.8 Å². The van der Waals surface area contributed by atoms with Gasteiger partial charge in [-0.1, -0.05) is 11.6 Å². The highest BCUT2D eigenvalue weighted by Gasteiger charge is 2.17. The zero-order chi connectivity index (χ0) is 19.0. The van der Waals surface area contributed by atoms with Crippen LogP contribution in [0.5, 0.6) is 11.5 Å². The second-order valence-corrected chi connectivity index (χ2v) is 5.95. The molecule has 0 bridgehead atoms. The average molecular weight is 370 g/mol. The molecular weight excluding hydrogens is 346 g/mol. The van der Waals surface area contributed by atoms with Crippen LogP contribution in [-0.4, -0.2) is 37.7 Å². The third-order valence-electron chi connectivity index (χ3n) is 3.05. The van der Waals surface area contributed by atoms with Crippen molar-refractivity contribution in [2.24, 2.45) is 0 Å². The maximum atomic E-state index is 11.8. The van der Waals surface area contributed by atoms with Crippen molar-refractivity contribution in [2.45, 2.75) is 39.8 Å². The van der Waals surface area contributed by atoms with Gasteiger partial charge >= 0.3 is 5.97 Å². The Balaban J connectivity index is 2.79. The molecular formula is C18H24ClNO5. The minimum absolute atomic E-state index is 0.0253. The van der Waals surface area contributed by atoms with Gasteiger partial charge in [0.2, 0.25) is 0 Å². The lowest BCUT2D eigenvalue weighted by atomic mass is 10.2. The highest BCUT2D eigenvalue weighted by Crippen LogP contribution is 2.36. The van der Waals surface area contributed by atoms with Gasteiger partial charge in [0.15, 0.2) is 17.6 Å². The predicted octanol–water partition coefficient (Wildman–Crippen LogP) is 3.22. The fourth-order valence-corrected chi connectivity index (χ4v) is 2.23. The highest BCUT2D eigenvalue weighted by atomic mass is 35.5. The van der Waals surface area contributed by atoms with Crippen molar-refractivity contribution in [1.29, 1.82) is 0 Å². The molecule has 1 aromatic carbocycles. The van der Waals surface area contributed by atoms with Crippen LogP contribution in [0, 0.1) is 0 Å². The van der Waals surface area contributed by atoms with Gasteiger partial charge in [0.25, 0.3) is 5.91 Å². The number of nitrogens with one attached hydrogen (secondary N) is 1. The van der Waals surface area contributed by atoms with Crippen LogP contribution >= 0.6 is 11.6 Å². The van der Waals surface area contributed by atoms with Gasteiger partial charge < -0.3 is 19.5 Å². The first-order valence-electron chi connectivity index (χ1n) is 7.97. The van der Waals surface area contributed by atoms with E-state index in [-0.39, 0.29) is 11.9 Å². The van der Waals surface area contributed by atoms with Crippen molar-refractivity contribution in [3.8, 4) is 11.5 Å². The van der Waals surface area contributed by atoms with E-state index in [0.717, 1.165) is 0 Å². The average Bonchev–Trinajstić information content (AvgIpc) is 2.54. The fraction of sp³-hybridized carbons (Fsp3) is 0.444. The van der Waals surface area contributed by atoms with E-state index in [2.05, 4.69) is 5.32 Å². The molecule has 138 valence electrons. The van der Waals surface area contributed by atoms with Crippen molar-refractivity contribution in [3.63, 3.8) is 0 Å². The second-order valence-electron chi connectivity index (χ2n) is 5.54. The van der Waals surface area contributed by atoms with Crippen LogP contribution in [0.2, 0.25) is 5.02 Å². The number of rotatable bonds is 8. The van der Waals surface area contributed by atoms with Crippen molar-refractivity contribution in [1.82, 2.24) is 5.32 Å². The molecule has 6 nitrogen and oxygen atoms in total. The normalized spacial score (nSPS) is 12.1. The monoisotopic (exact) mass is 369 g/mol. The summed E-state index contributed by atoms with van der Waals surface area (Å²) in [6, 6.07) is 3.31. The van der Waals surface area contributed by atoms with Gasteiger partial charge in [-0.2, -0.15) is 0 Å². The molecule has 1 amide bonds. The molecule has 0 aliphatic carbocycles. The first-order valence-corrected chi connectivity index (χ1v) is 8.35. The molecule has 1 rings (SSSR count). The van der Waals surface area contributed by atoms with E-state index in [1.807, 2.05) is 20.8 Å². The van der Waals surface area contributed by atoms with Gasteiger partial charge in [-0.15, -0.1) is 0 Å². The first-order chi connectivity index (χ1) is 11.8. The van der Waals surface area contributed by atoms with Gasteiger partial charge in [-0.25, -0.2) is 4.79 Å². The SMILES string of the molecule is CCOc1c(Cl)cc(/C=C/C(=O)O[C@@H](C)C(=O)NC(C)C)cc1OC. The Labute approximate surface area is 153 Å². The minimum atomic E-state index is -0.877. The summed E-state index contributed by atoms with van der Waals surface area (Å²) in [6.07, 6.45) is 1.88. The number of hydrogen-bond donors (Lipinski definition) is 1.